The highest BCUT2D eigenvalue weighted by molar-refractivity contribution is 7.88. The van der Waals surface area contributed by atoms with Gasteiger partial charge in [0.25, 0.3) is 10.1 Å². The average Bonchev–Trinajstić information content (AvgIpc) is 2.75. The van der Waals surface area contributed by atoms with Gasteiger partial charge in [-0.05, 0) is 25.8 Å². The number of ether oxygens (including phenoxy) is 2. The predicted octanol–water partition coefficient (Wildman–Crippen LogP) is 1.84. The number of hydrogen-bond acceptors (Lipinski definition) is 5. The van der Waals surface area contributed by atoms with Crippen molar-refractivity contribution in [2.45, 2.75) is 50.8 Å². The summed E-state index contributed by atoms with van der Waals surface area (Å²) in [5.74, 6) is 0.390. The van der Waals surface area contributed by atoms with Crippen LogP contribution >= 0.6 is 0 Å². The zero-order valence-corrected chi connectivity index (χ0v) is 13.0. The van der Waals surface area contributed by atoms with Gasteiger partial charge < -0.3 is 9.47 Å². The second kappa shape index (κ2) is 4.80. The highest BCUT2D eigenvalue weighted by atomic mass is 32.2. The molecule has 0 bridgehead atoms. The Balaban J connectivity index is 1.94. The number of hydrogen-bond donors (Lipinski definition) is 0. The molecule has 0 aromatic carbocycles. The van der Waals surface area contributed by atoms with Gasteiger partial charge in [0.1, 0.15) is 4.75 Å². The Morgan fingerprint density at radius 2 is 2.25 bits per heavy atom. The third-order valence-electron chi connectivity index (χ3n) is 4.77. The van der Waals surface area contributed by atoms with E-state index in [1.54, 1.807) is 6.92 Å². The fourth-order valence-electron chi connectivity index (χ4n) is 3.65. The van der Waals surface area contributed by atoms with E-state index in [4.69, 9.17) is 13.7 Å². The van der Waals surface area contributed by atoms with Gasteiger partial charge in [0.05, 0.1) is 12.7 Å². The lowest BCUT2D eigenvalue weighted by Gasteiger charge is -2.43. The minimum absolute atomic E-state index is 0.0935. The van der Waals surface area contributed by atoms with Crippen molar-refractivity contribution in [2.24, 2.45) is 11.8 Å². The van der Waals surface area contributed by atoms with Crippen LogP contribution in [0, 0.1) is 11.8 Å². The van der Waals surface area contributed by atoms with E-state index in [1.807, 2.05) is 13.8 Å². The maximum atomic E-state index is 12.3. The second-order valence-electron chi connectivity index (χ2n) is 6.16. The molecule has 2 aliphatic heterocycles. The van der Waals surface area contributed by atoms with Crippen molar-refractivity contribution in [1.29, 1.82) is 0 Å². The van der Waals surface area contributed by atoms with Crippen LogP contribution in [0.5, 0.6) is 0 Å². The largest absolute Gasteiger partial charge is 0.353 e. The molecule has 1 aliphatic carbocycles. The lowest BCUT2D eigenvalue weighted by molar-refractivity contribution is -0.133. The molecule has 3 rings (SSSR count). The SMILES string of the molecule is CCOC1C[C@H]2C=C3[C@@H](C)COS(=O)(=O)C3(C)C[C@H]2O1. The van der Waals surface area contributed by atoms with Gasteiger partial charge in [0, 0.05) is 24.9 Å². The molecule has 2 saturated heterocycles. The quantitative estimate of drug-likeness (QED) is 0.575. The van der Waals surface area contributed by atoms with Crippen LogP contribution in [0.4, 0.5) is 0 Å². The summed E-state index contributed by atoms with van der Waals surface area (Å²) in [5, 5.41) is 0. The van der Waals surface area contributed by atoms with Gasteiger partial charge in [-0.1, -0.05) is 13.0 Å². The van der Waals surface area contributed by atoms with Crippen molar-refractivity contribution in [3.63, 3.8) is 0 Å². The van der Waals surface area contributed by atoms with E-state index >= 15 is 0 Å². The topological polar surface area (TPSA) is 61.8 Å². The standard InChI is InChI=1S/C14H22O5S/c1-4-17-13-6-10-5-11-9(2)8-18-20(15,16)14(11,3)7-12(10)19-13/h5,9-10,12-13H,4,6-8H2,1-3H3/t9-,10+,12+,13?,14?/m0/s1. The zero-order chi connectivity index (χ0) is 14.5. The Kier molecular flexibility index (Phi) is 3.48. The molecule has 2 fully saturated rings. The minimum atomic E-state index is -3.57. The first-order valence-corrected chi connectivity index (χ1v) is 8.66. The molecule has 6 heteroatoms. The van der Waals surface area contributed by atoms with Crippen molar-refractivity contribution >= 4 is 10.1 Å². The van der Waals surface area contributed by atoms with Crippen LogP contribution in [0.1, 0.15) is 33.6 Å². The molecular formula is C14H22O5S. The molecule has 0 spiro atoms. The van der Waals surface area contributed by atoms with Crippen molar-refractivity contribution in [1.82, 2.24) is 0 Å². The third-order valence-corrected chi connectivity index (χ3v) is 6.72. The molecule has 0 aromatic heterocycles. The molecule has 5 atom stereocenters. The predicted molar refractivity (Wildman–Crippen MR) is 73.5 cm³/mol. The summed E-state index contributed by atoms with van der Waals surface area (Å²) in [6, 6.07) is 0. The van der Waals surface area contributed by atoms with Crippen LogP contribution in [-0.4, -0.2) is 38.8 Å². The van der Waals surface area contributed by atoms with E-state index in [0.717, 1.165) is 12.0 Å². The van der Waals surface area contributed by atoms with E-state index in [0.29, 0.717) is 13.0 Å². The summed E-state index contributed by atoms with van der Waals surface area (Å²) < 4.78 is 40.2. The zero-order valence-electron chi connectivity index (χ0n) is 12.2. The molecule has 0 N–H and O–H groups in total. The Hall–Kier alpha value is -0.430. The summed E-state index contributed by atoms with van der Waals surface area (Å²) >= 11 is 0. The Labute approximate surface area is 120 Å². The fourth-order valence-corrected chi connectivity index (χ4v) is 5.22. The molecular weight excluding hydrogens is 280 g/mol. The Morgan fingerprint density at radius 1 is 1.50 bits per heavy atom. The summed E-state index contributed by atoms with van der Waals surface area (Å²) in [7, 11) is -3.57. The van der Waals surface area contributed by atoms with Crippen molar-refractivity contribution in [2.75, 3.05) is 13.2 Å². The van der Waals surface area contributed by atoms with Crippen molar-refractivity contribution < 1.29 is 22.1 Å². The van der Waals surface area contributed by atoms with Gasteiger partial charge in [-0.2, -0.15) is 8.42 Å². The smallest absolute Gasteiger partial charge is 0.276 e. The Bertz CT molecular complexity index is 526. The molecule has 0 aromatic rings. The molecule has 0 saturated carbocycles. The normalized spacial score (nSPS) is 46.5. The summed E-state index contributed by atoms with van der Waals surface area (Å²) in [6.07, 6.45) is 3.07. The van der Waals surface area contributed by atoms with Gasteiger partial charge in [0.2, 0.25) is 0 Å². The molecule has 2 unspecified atom stereocenters. The van der Waals surface area contributed by atoms with Crippen LogP contribution < -0.4 is 0 Å². The molecule has 20 heavy (non-hydrogen) atoms. The van der Waals surface area contributed by atoms with Crippen LogP contribution in [0.3, 0.4) is 0 Å². The van der Waals surface area contributed by atoms with E-state index < -0.39 is 14.9 Å². The van der Waals surface area contributed by atoms with Gasteiger partial charge in [0.15, 0.2) is 6.29 Å². The highest BCUT2D eigenvalue weighted by Crippen LogP contribution is 2.49. The summed E-state index contributed by atoms with van der Waals surface area (Å²) in [4.78, 5) is 0. The van der Waals surface area contributed by atoms with Gasteiger partial charge in [-0.25, -0.2) is 0 Å². The maximum absolute atomic E-state index is 12.3. The second-order valence-corrected chi connectivity index (χ2v) is 8.20. The van der Waals surface area contributed by atoms with E-state index in [1.165, 1.54) is 0 Å². The third kappa shape index (κ3) is 2.04. The highest BCUT2D eigenvalue weighted by Gasteiger charge is 2.55. The number of rotatable bonds is 2. The molecule has 0 radical (unpaired) electrons. The first-order valence-electron chi connectivity index (χ1n) is 7.25. The number of fused-ring (bicyclic) bond motifs is 2. The summed E-state index contributed by atoms with van der Waals surface area (Å²) in [5.41, 5.74) is 0.991. The van der Waals surface area contributed by atoms with Gasteiger partial charge in [-0.15, -0.1) is 0 Å². The van der Waals surface area contributed by atoms with Crippen molar-refractivity contribution in [3.05, 3.63) is 11.6 Å². The van der Waals surface area contributed by atoms with Gasteiger partial charge >= 0.3 is 0 Å². The fraction of sp³-hybridized carbons (Fsp3) is 0.857. The molecule has 114 valence electrons. The monoisotopic (exact) mass is 302 g/mol. The van der Waals surface area contributed by atoms with E-state index in [-0.39, 0.29) is 30.8 Å². The van der Waals surface area contributed by atoms with Crippen molar-refractivity contribution in [3.8, 4) is 0 Å². The molecule has 3 aliphatic rings. The lowest BCUT2D eigenvalue weighted by Crippen LogP contribution is -2.51. The molecule has 2 heterocycles. The van der Waals surface area contributed by atoms with Gasteiger partial charge in [-0.3, -0.25) is 4.18 Å². The summed E-state index contributed by atoms with van der Waals surface area (Å²) in [6.45, 7) is 6.57. The van der Waals surface area contributed by atoms with Crippen LogP contribution in [-0.2, 0) is 23.8 Å². The first-order chi connectivity index (χ1) is 9.37. The van der Waals surface area contributed by atoms with Crippen LogP contribution in [0.2, 0.25) is 0 Å². The first kappa shape index (κ1) is 14.5. The lowest BCUT2D eigenvalue weighted by atomic mass is 9.76. The molecule has 5 nitrogen and oxygen atoms in total. The molecule has 0 amide bonds. The van der Waals surface area contributed by atoms with Crippen LogP contribution in [0.25, 0.3) is 0 Å². The minimum Gasteiger partial charge on any atom is -0.353 e. The van der Waals surface area contributed by atoms with Crippen LogP contribution in [0.15, 0.2) is 11.6 Å². The van der Waals surface area contributed by atoms with E-state index in [2.05, 4.69) is 6.08 Å². The average molecular weight is 302 g/mol. The maximum Gasteiger partial charge on any atom is 0.276 e. The Morgan fingerprint density at radius 3 is 2.95 bits per heavy atom. The van der Waals surface area contributed by atoms with E-state index in [9.17, 15) is 8.42 Å².